The third-order valence-electron chi connectivity index (χ3n) is 2.92. The number of amides is 1. The van der Waals surface area contributed by atoms with Crippen molar-refractivity contribution in [1.82, 2.24) is 4.57 Å². The lowest BCUT2D eigenvalue weighted by molar-refractivity contribution is -0.116. The van der Waals surface area contributed by atoms with E-state index in [2.05, 4.69) is 5.32 Å². The molecule has 0 radical (unpaired) electrons. The molecule has 1 aromatic carbocycles. The van der Waals surface area contributed by atoms with Crippen LogP contribution in [0.5, 0.6) is 0 Å². The maximum atomic E-state index is 12.0. The minimum atomic E-state index is -3.40. The molecule has 2 rings (SSSR count). The first kappa shape index (κ1) is 16.7. The third kappa shape index (κ3) is 3.76. The summed E-state index contributed by atoms with van der Waals surface area (Å²) in [6, 6.07) is 4.05. The summed E-state index contributed by atoms with van der Waals surface area (Å²) in [4.78, 5) is 23.4. The number of halogens is 1. The minimum absolute atomic E-state index is 0.0519. The Morgan fingerprint density at radius 3 is 2.64 bits per heavy atom. The average Bonchev–Trinajstić information content (AvgIpc) is 2.72. The topological polar surface area (TPSA) is 85.2 Å². The van der Waals surface area contributed by atoms with E-state index in [4.69, 9.17) is 11.6 Å². The van der Waals surface area contributed by atoms with Crippen molar-refractivity contribution < 1.29 is 13.2 Å². The maximum Gasteiger partial charge on any atom is 0.307 e. The number of carbonyl (C=O) groups is 1. The fraction of sp³-hybridized carbons (Fsp3) is 0.231. The summed E-state index contributed by atoms with van der Waals surface area (Å²) in [6.07, 6.45) is 1.07. The molecule has 0 aliphatic rings. The summed E-state index contributed by atoms with van der Waals surface area (Å²) in [5, 5.41) is 4.40. The van der Waals surface area contributed by atoms with Crippen molar-refractivity contribution in [3.05, 3.63) is 44.0 Å². The molecule has 1 heterocycles. The second-order valence-electron chi connectivity index (χ2n) is 4.69. The Morgan fingerprint density at radius 2 is 2.09 bits per heavy atom. The SMILES string of the molecule is Cc1csc(=O)n1CC(=O)Nc1cc(S(C)(=O)=O)ccc1Cl. The Kier molecular flexibility index (Phi) is 4.74. The highest BCUT2D eigenvalue weighted by molar-refractivity contribution is 7.90. The van der Waals surface area contributed by atoms with Crippen LogP contribution in [0.3, 0.4) is 0 Å². The van der Waals surface area contributed by atoms with Crippen LogP contribution in [0.1, 0.15) is 5.69 Å². The van der Waals surface area contributed by atoms with Gasteiger partial charge in [-0.25, -0.2) is 8.42 Å². The standard InChI is InChI=1S/C13H13ClN2O4S2/c1-8-7-21-13(18)16(8)6-12(17)15-11-5-9(22(2,19)20)3-4-10(11)14/h3-5,7H,6H2,1-2H3,(H,15,17). The van der Waals surface area contributed by atoms with Crippen LogP contribution in [0.15, 0.2) is 33.3 Å². The van der Waals surface area contributed by atoms with E-state index in [9.17, 15) is 18.0 Å². The Labute approximate surface area is 136 Å². The van der Waals surface area contributed by atoms with Crippen LogP contribution in [-0.4, -0.2) is 25.1 Å². The molecule has 0 spiro atoms. The normalized spacial score (nSPS) is 11.4. The van der Waals surface area contributed by atoms with Gasteiger partial charge in [0.2, 0.25) is 5.91 Å². The zero-order valence-electron chi connectivity index (χ0n) is 11.8. The fourth-order valence-electron chi connectivity index (χ4n) is 1.76. The van der Waals surface area contributed by atoms with Gasteiger partial charge in [-0.3, -0.25) is 14.2 Å². The highest BCUT2D eigenvalue weighted by atomic mass is 35.5. The minimum Gasteiger partial charge on any atom is -0.323 e. The number of nitrogens with one attached hydrogen (secondary N) is 1. The van der Waals surface area contributed by atoms with E-state index in [1.54, 1.807) is 12.3 Å². The number of nitrogens with zero attached hydrogens (tertiary/aromatic N) is 1. The van der Waals surface area contributed by atoms with E-state index >= 15 is 0 Å². The van der Waals surface area contributed by atoms with E-state index in [1.807, 2.05) is 0 Å². The smallest absolute Gasteiger partial charge is 0.307 e. The molecule has 118 valence electrons. The Morgan fingerprint density at radius 1 is 1.41 bits per heavy atom. The van der Waals surface area contributed by atoms with Gasteiger partial charge in [0.1, 0.15) is 6.54 Å². The first-order valence-electron chi connectivity index (χ1n) is 6.13. The highest BCUT2D eigenvalue weighted by Crippen LogP contribution is 2.25. The molecule has 22 heavy (non-hydrogen) atoms. The first-order valence-corrected chi connectivity index (χ1v) is 9.28. The summed E-state index contributed by atoms with van der Waals surface area (Å²) in [5.74, 6) is -0.462. The largest absolute Gasteiger partial charge is 0.323 e. The lowest BCUT2D eigenvalue weighted by Crippen LogP contribution is -2.25. The van der Waals surface area contributed by atoms with Crippen LogP contribution in [0.4, 0.5) is 5.69 Å². The molecule has 2 aromatic rings. The molecular weight excluding hydrogens is 348 g/mol. The molecule has 0 bridgehead atoms. The van der Waals surface area contributed by atoms with E-state index in [0.717, 1.165) is 17.6 Å². The lowest BCUT2D eigenvalue weighted by Gasteiger charge is -2.10. The summed E-state index contributed by atoms with van der Waals surface area (Å²) in [7, 11) is -3.40. The zero-order chi connectivity index (χ0) is 16.5. The molecule has 6 nitrogen and oxygen atoms in total. The quantitative estimate of drug-likeness (QED) is 0.902. The van der Waals surface area contributed by atoms with Crippen LogP contribution in [0.2, 0.25) is 5.02 Å². The van der Waals surface area contributed by atoms with E-state index in [1.165, 1.54) is 22.8 Å². The van der Waals surface area contributed by atoms with Gasteiger partial charge in [-0.2, -0.15) is 0 Å². The number of hydrogen-bond donors (Lipinski definition) is 1. The molecule has 0 fully saturated rings. The first-order chi connectivity index (χ1) is 10.2. The van der Waals surface area contributed by atoms with Crippen LogP contribution < -0.4 is 10.2 Å². The van der Waals surface area contributed by atoms with Crippen LogP contribution >= 0.6 is 22.9 Å². The van der Waals surface area contributed by atoms with Crippen molar-refractivity contribution in [3.8, 4) is 0 Å². The van der Waals surface area contributed by atoms with Crippen LogP contribution in [0, 0.1) is 6.92 Å². The number of aromatic nitrogens is 1. The Balaban J connectivity index is 2.24. The predicted molar refractivity (Wildman–Crippen MR) is 86.5 cm³/mol. The van der Waals surface area contributed by atoms with Gasteiger partial charge in [0.15, 0.2) is 9.84 Å². The van der Waals surface area contributed by atoms with E-state index in [0.29, 0.717) is 5.69 Å². The second-order valence-corrected chi connectivity index (χ2v) is 7.93. The highest BCUT2D eigenvalue weighted by Gasteiger charge is 2.13. The number of thiazole rings is 1. The number of carbonyl (C=O) groups excluding carboxylic acids is 1. The Hall–Kier alpha value is -1.64. The van der Waals surface area contributed by atoms with E-state index < -0.39 is 15.7 Å². The monoisotopic (exact) mass is 360 g/mol. The molecule has 0 aliphatic heterocycles. The number of sulfone groups is 1. The van der Waals surface area contributed by atoms with Gasteiger partial charge >= 0.3 is 4.87 Å². The van der Waals surface area contributed by atoms with Gasteiger partial charge in [0.05, 0.1) is 15.6 Å². The van der Waals surface area contributed by atoms with Crippen molar-refractivity contribution in [3.63, 3.8) is 0 Å². The number of anilines is 1. The van der Waals surface area contributed by atoms with Gasteiger partial charge < -0.3 is 5.32 Å². The van der Waals surface area contributed by atoms with Crippen LogP contribution in [0.25, 0.3) is 0 Å². The van der Waals surface area contributed by atoms with Gasteiger partial charge in [-0.15, -0.1) is 0 Å². The summed E-state index contributed by atoms with van der Waals surface area (Å²) < 4.78 is 24.4. The number of aryl methyl sites for hydroxylation is 1. The van der Waals surface area contributed by atoms with Crippen molar-refractivity contribution >= 4 is 44.4 Å². The fourth-order valence-corrected chi connectivity index (χ4v) is 3.31. The molecule has 0 unspecified atom stereocenters. The molecule has 0 atom stereocenters. The van der Waals surface area contributed by atoms with Gasteiger partial charge in [-0.1, -0.05) is 22.9 Å². The van der Waals surface area contributed by atoms with Gasteiger partial charge in [0, 0.05) is 17.3 Å². The van der Waals surface area contributed by atoms with Gasteiger partial charge in [-0.05, 0) is 25.1 Å². The predicted octanol–water partition coefficient (Wildman–Crippen LogP) is 1.91. The number of hydrogen-bond acceptors (Lipinski definition) is 5. The molecule has 1 aromatic heterocycles. The van der Waals surface area contributed by atoms with Crippen molar-refractivity contribution in [2.45, 2.75) is 18.4 Å². The van der Waals surface area contributed by atoms with Gasteiger partial charge in [0.25, 0.3) is 0 Å². The zero-order valence-corrected chi connectivity index (χ0v) is 14.2. The third-order valence-corrected chi connectivity index (χ3v) is 5.24. The van der Waals surface area contributed by atoms with Crippen LogP contribution in [-0.2, 0) is 21.2 Å². The molecule has 0 saturated heterocycles. The van der Waals surface area contributed by atoms with E-state index in [-0.39, 0.29) is 27.0 Å². The number of benzene rings is 1. The lowest BCUT2D eigenvalue weighted by atomic mass is 10.3. The molecule has 0 aliphatic carbocycles. The maximum absolute atomic E-state index is 12.0. The van der Waals surface area contributed by atoms with Crippen molar-refractivity contribution in [1.29, 1.82) is 0 Å². The average molecular weight is 361 g/mol. The number of rotatable bonds is 4. The van der Waals surface area contributed by atoms with Crippen molar-refractivity contribution in [2.75, 3.05) is 11.6 Å². The Bertz CT molecular complexity index is 884. The molecule has 0 saturated carbocycles. The molecule has 9 heteroatoms. The summed E-state index contributed by atoms with van der Waals surface area (Å²) in [5.41, 5.74) is 0.872. The summed E-state index contributed by atoms with van der Waals surface area (Å²) in [6.45, 7) is 1.57. The molecule has 1 amide bonds. The molecular formula is C13H13ClN2O4S2. The summed E-state index contributed by atoms with van der Waals surface area (Å²) >= 11 is 6.97. The second kappa shape index (κ2) is 6.23. The van der Waals surface area contributed by atoms with Crippen molar-refractivity contribution in [2.24, 2.45) is 0 Å². The molecule has 1 N–H and O–H groups in total.